The molecule has 0 spiro atoms. The van der Waals surface area contributed by atoms with Crippen molar-refractivity contribution in [3.05, 3.63) is 35.4 Å². The lowest BCUT2D eigenvalue weighted by atomic mass is 10.0. The van der Waals surface area contributed by atoms with Gasteiger partial charge in [0.2, 0.25) is 11.8 Å². The summed E-state index contributed by atoms with van der Waals surface area (Å²) >= 11 is 0. The normalized spacial score (nSPS) is 21.2. The standard InChI is InChI=1S/C19H24N2O3/c1-13(2)16-4-3-11-20(16)19(24)15-7-5-14(6-8-15)12-21-17(22)9-10-18(21)23/h5-8,13,16H,3-4,9-12H2,1-2H3/t16-/m0/s1. The van der Waals surface area contributed by atoms with Crippen LogP contribution in [0.15, 0.2) is 24.3 Å². The highest BCUT2D eigenvalue weighted by Gasteiger charge is 2.31. The van der Waals surface area contributed by atoms with E-state index in [0.29, 0.717) is 36.9 Å². The first-order valence-corrected chi connectivity index (χ1v) is 8.70. The van der Waals surface area contributed by atoms with Gasteiger partial charge < -0.3 is 4.90 Å². The zero-order chi connectivity index (χ0) is 17.3. The van der Waals surface area contributed by atoms with E-state index in [1.54, 1.807) is 12.1 Å². The maximum absolute atomic E-state index is 12.7. The number of imide groups is 1. The largest absolute Gasteiger partial charge is 0.335 e. The van der Waals surface area contributed by atoms with Crippen LogP contribution in [0.5, 0.6) is 0 Å². The minimum absolute atomic E-state index is 0.0751. The SMILES string of the molecule is CC(C)[C@@H]1CCCN1C(=O)c1ccc(CN2C(=O)CCC2=O)cc1. The monoisotopic (exact) mass is 328 g/mol. The Labute approximate surface area is 142 Å². The Hall–Kier alpha value is -2.17. The zero-order valence-electron chi connectivity index (χ0n) is 14.3. The van der Waals surface area contributed by atoms with Gasteiger partial charge in [-0.2, -0.15) is 0 Å². The van der Waals surface area contributed by atoms with Crippen molar-refractivity contribution in [3.63, 3.8) is 0 Å². The molecule has 0 aromatic heterocycles. The molecule has 2 aliphatic heterocycles. The quantitative estimate of drug-likeness (QED) is 0.798. The van der Waals surface area contributed by atoms with Crippen LogP contribution in [-0.2, 0) is 16.1 Å². The second kappa shape index (κ2) is 6.75. The molecule has 0 aliphatic carbocycles. The summed E-state index contributed by atoms with van der Waals surface area (Å²) in [5, 5.41) is 0. The van der Waals surface area contributed by atoms with E-state index in [2.05, 4.69) is 13.8 Å². The molecule has 5 nitrogen and oxygen atoms in total. The highest BCUT2D eigenvalue weighted by Crippen LogP contribution is 2.26. The predicted octanol–water partition coefficient (Wildman–Crippen LogP) is 2.60. The number of likely N-dealkylation sites (tertiary alicyclic amines) is 2. The number of rotatable bonds is 4. The fraction of sp³-hybridized carbons (Fsp3) is 0.526. The van der Waals surface area contributed by atoms with Crippen molar-refractivity contribution in [1.29, 1.82) is 0 Å². The summed E-state index contributed by atoms with van der Waals surface area (Å²) in [6.07, 6.45) is 2.74. The summed E-state index contributed by atoms with van der Waals surface area (Å²) in [6.45, 7) is 5.43. The highest BCUT2D eigenvalue weighted by molar-refractivity contribution is 6.01. The Balaban J connectivity index is 1.69. The van der Waals surface area contributed by atoms with E-state index in [1.807, 2.05) is 17.0 Å². The van der Waals surface area contributed by atoms with Crippen LogP contribution in [0, 0.1) is 5.92 Å². The molecule has 3 rings (SSSR count). The molecule has 0 radical (unpaired) electrons. The molecule has 2 saturated heterocycles. The smallest absolute Gasteiger partial charge is 0.254 e. The maximum Gasteiger partial charge on any atom is 0.254 e. The molecule has 2 aliphatic rings. The van der Waals surface area contributed by atoms with Crippen LogP contribution in [0.2, 0.25) is 0 Å². The number of nitrogens with zero attached hydrogens (tertiary/aromatic N) is 2. The molecule has 1 aromatic rings. The molecule has 0 unspecified atom stereocenters. The lowest BCUT2D eigenvalue weighted by molar-refractivity contribution is -0.139. The molecule has 2 fully saturated rings. The summed E-state index contributed by atoms with van der Waals surface area (Å²) < 4.78 is 0. The summed E-state index contributed by atoms with van der Waals surface area (Å²) in [5.41, 5.74) is 1.54. The molecular weight excluding hydrogens is 304 g/mol. The summed E-state index contributed by atoms with van der Waals surface area (Å²) in [5.74, 6) is 0.308. The van der Waals surface area contributed by atoms with Crippen LogP contribution in [0.25, 0.3) is 0 Å². The minimum atomic E-state index is -0.114. The van der Waals surface area contributed by atoms with E-state index in [0.717, 1.165) is 24.9 Å². The van der Waals surface area contributed by atoms with Crippen molar-refractivity contribution >= 4 is 17.7 Å². The summed E-state index contributed by atoms with van der Waals surface area (Å²) in [4.78, 5) is 39.4. The van der Waals surface area contributed by atoms with Crippen molar-refractivity contribution in [1.82, 2.24) is 9.80 Å². The van der Waals surface area contributed by atoms with E-state index >= 15 is 0 Å². The molecule has 1 aromatic carbocycles. The van der Waals surface area contributed by atoms with E-state index in [-0.39, 0.29) is 17.7 Å². The van der Waals surface area contributed by atoms with Gasteiger partial charge in [0.05, 0.1) is 6.54 Å². The Morgan fingerprint density at radius 2 is 1.75 bits per heavy atom. The van der Waals surface area contributed by atoms with Crippen LogP contribution >= 0.6 is 0 Å². The molecule has 0 bridgehead atoms. The third kappa shape index (κ3) is 3.21. The third-order valence-corrected chi connectivity index (χ3v) is 5.03. The van der Waals surface area contributed by atoms with Crippen molar-refractivity contribution in [2.75, 3.05) is 6.54 Å². The van der Waals surface area contributed by atoms with Gasteiger partial charge in [0.15, 0.2) is 0 Å². The van der Waals surface area contributed by atoms with Gasteiger partial charge in [-0.15, -0.1) is 0 Å². The Morgan fingerprint density at radius 1 is 1.12 bits per heavy atom. The maximum atomic E-state index is 12.7. The van der Waals surface area contributed by atoms with Gasteiger partial charge in [-0.25, -0.2) is 0 Å². The molecule has 2 heterocycles. The molecule has 1 atom stereocenters. The first kappa shape index (κ1) is 16.7. The number of amides is 3. The van der Waals surface area contributed by atoms with Crippen LogP contribution in [0.3, 0.4) is 0 Å². The van der Waals surface area contributed by atoms with Gasteiger partial charge in [-0.05, 0) is 36.5 Å². The average Bonchev–Trinajstić information content (AvgIpc) is 3.17. The van der Waals surface area contributed by atoms with E-state index in [4.69, 9.17) is 0 Å². The van der Waals surface area contributed by atoms with Gasteiger partial charge in [0.1, 0.15) is 0 Å². The molecule has 0 saturated carbocycles. The first-order chi connectivity index (χ1) is 11.5. The van der Waals surface area contributed by atoms with Crippen molar-refractivity contribution in [3.8, 4) is 0 Å². The molecule has 0 N–H and O–H groups in total. The second-order valence-corrected chi connectivity index (χ2v) is 7.02. The van der Waals surface area contributed by atoms with Crippen molar-refractivity contribution in [2.24, 2.45) is 5.92 Å². The van der Waals surface area contributed by atoms with Gasteiger partial charge in [0, 0.05) is 31.0 Å². The van der Waals surface area contributed by atoms with Crippen molar-refractivity contribution < 1.29 is 14.4 Å². The first-order valence-electron chi connectivity index (χ1n) is 8.70. The third-order valence-electron chi connectivity index (χ3n) is 5.03. The Kier molecular flexibility index (Phi) is 4.69. The Bertz CT molecular complexity index is 635. The van der Waals surface area contributed by atoms with Gasteiger partial charge in [-0.1, -0.05) is 26.0 Å². The van der Waals surface area contributed by atoms with Gasteiger partial charge >= 0.3 is 0 Å². The van der Waals surface area contributed by atoms with Crippen LogP contribution in [0.1, 0.15) is 55.5 Å². The Morgan fingerprint density at radius 3 is 2.33 bits per heavy atom. The fourth-order valence-electron chi connectivity index (χ4n) is 3.64. The van der Waals surface area contributed by atoms with Crippen LogP contribution < -0.4 is 0 Å². The van der Waals surface area contributed by atoms with E-state index < -0.39 is 0 Å². The minimum Gasteiger partial charge on any atom is -0.335 e. The van der Waals surface area contributed by atoms with Gasteiger partial charge in [-0.3, -0.25) is 19.3 Å². The zero-order valence-corrected chi connectivity index (χ0v) is 14.3. The molecule has 128 valence electrons. The number of hydrogen-bond donors (Lipinski definition) is 0. The highest BCUT2D eigenvalue weighted by atomic mass is 16.2. The molecular formula is C19H24N2O3. The number of hydrogen-bond acceptors (Lipinski definition) is 3. The summed E-state index contributed by atoms with van der Waals surface area (Å²) in [6, 6.07) is 7.60. The molecule has 24 heavy (non-hydrogen) atoms. The number of carbonyl (C=O) groups is 3. The second-order valence-electron chi connectivity index (χ2n) is 7.02. The number of carbonyl (C=O) groups excluding carboxylic acids is 3. The van der Waals surface area contributed by atoms with Crippen molar-refractivity contribution in [2.45, 2.75) is 52.1 Å². The molecule has 5 heteroatoms. The van der Waals surface area contributed by atoms with Crippen LogP contribution in [-0.4, -0.2) is 40.1 Å². The molecule has 3 amide bonds. The topological polar surface area (TPSA) is 57.7 Å². The van der Waals surface area contributed by atoms with E-state index in [1.165, 1.54) is 4.90 Å². The predicted molar refractivity (Wildman–Crippen MR) is 90.1 cm³/mol. The number of benzene rings is 1. The fourth-order valence-corrected chi connectivity index (χ4v) is 3.64. The average molecular weight is 328 g/mol. The van der Waals surface area contributed by atoms with Gasteiger partial charge in [0.25, 0.3) is 5.91 Å². The lowest BCUT2D eigenvalue weighted by Gasteiger charge is -2.27. The lowest BCUT2D eigenvalue weighted by Crippen LogP contribution is -2.38. The van der Waals surface area contributed by atoms with E-state index in [9.17, 15) is 14.4 Å². The summed E-state index contributed by atoms with van der Waals surface area (Å²) in [7, 11) is 0. The van der Waals surface area contributed by atoms with Crippen LogP contribution in [0.4, 0.5) is 0 Å².